The van der Waals surface area contributed by atoms with Crippen molar-refractivity contribution >= 4 is 16.8 Å². The zero-order chi connectivity index (χ0) is 13.9. The predicted molar refractivity (Wildman–Crippen MR) is 80.0 cm³/mol. The molecular formula is C17H16N2O. The molecule has 0 saturated carbocycles. The van der Waals surface area contributed by atoms with Crippen LogP contribution in [0.2, 0.25) is 0 Å². The average molecular weight is 264 g/mol. The average Bonchev–Trinajstić information content (AvgIpc) is 2.88. The highest BCUT2D eigenvalue weighted by atomic mass is 16.1. The summed E-state index contributed by atoms with van der Waals surface area (Å²) in [5, 5.41) is 0. The van der Waals surface area contributed by atoms with Gasteiger partial charge in [-0.25, -0.2) is 4.98 Å². The van der Waals surface area contributed by atoms with Gasteiger partial charge in [-0.2, -0.15) is 0 Å². The molecule has 0 unspecified atom stereocenters. The smallest absolute Gasteiger partial charge is 0.162 e. The number of benzene rings is 2. The van der Waals surface area contributed by atoms with Gasteiger partial charge in [0.1, 0.15) is 5.82 Å². The lowest BCUT2D eigenvalue weighted by Crippen LogP contribution is -1.95. The molecule has 0 saturated heterocycles. The van der Waals surface area contributed by atoms with Gasteiger partial charge in [-0.15, -0.1) is 0 Å². The van der Waals surface area contributed by atoms with Crippen LogP contribution in [0.1, 0.15) is 35.1 Å². The number of hydrogen-bond donors (Lipinski definition) is 1. The van der Waals surface area contributed by atoms with Crippen LogP contribution < -0.4 is 0 Å². The maximum atomic E-state index is 11.7. The Morgan fingerprint density at radius 2 is 1.95 bits per heavy atom. The monoisotopic (exact) mass is 264 g/mol. The molecule has 3 nitrogen and oxygen atoms in total. The SMILES string of the molecule is CCC(=O)c1ccc2nc(Cc3ccccc3)[nH]c2c1. The Hall–Kier alpha value is -2.42. The number of ketones is 1. The molecule has 2 aromatic carbocycles. The van der Waals surface area contributed by atoms with E-state index in [0.29, 0.717) is 6.42 Å². The number of carbonyl (C=O) groups is 1. The minimum absolute atomic E-state index is 0.158. The maximum Gasteiger partial charge on any atom is 0.162 e. The summed E-state index contributed by atoms with van der Waals surface area (Å²) in [6.07, 6.45) is 1.29. The van der Waals surface area contributed by atoms with Crippen LogP contribution in [0.4, 0.5) is 0 Å². The van der Waals surface area contributed by atoms with Gasteiger partial charge in [0.25, 0.3) is 0 Å². The Bertz CT molecular complexity index is 744. The lowest BCUT2D eigenvalue weighted by Gasteiger charge is -1.97. The first-order valence-corrected chi connectivity index (χ1v) is 6.82. The molecule has 1 aromatic heterocycles. The predicted octanol–water partition coefficient (Wildman–Crippen LogP) is 3.75. The minimum Gasteiger partial charge on any atom is -0.342 e. The van der Waals surface area contributed by atoms with Gasteiger partial charge in [0.05, 0.1) is 11.0 Å². The van der Waals surface area contributed by atoms with Crippen molar-refractivity contribution in [3.8, 4) is 0 Å². The van der Waals surface area contributed by atoms with Crippen LogP contribution in [0.15, 0.2) is 48.5 Å². The van der Waals surface area contributed by atoms with Crippen molar-refractivity contribution in [2.24, 2.45) is 0 Å². The van der Waals surface area contributed by atoms with Crippen LogP contribution in [0, 0.1) is 0 Å². The van der Waals surface area contributed by atoms with Crippen molar-refractivity contribution in [3.05, 3.63) is 65.5 Å². The summed E-state index contributed by atoms with van der Waals surface area (Å²) >= 11 is 0. The van der Waals surface area contributed by atoms with Crippen molar-refractivity contribution < 1.29 is 4.79 Å². The molecule has 1 N–H and O–H groups in total. The zero-order valence-corrected chi connectivity index (χ0v) is 11.4. The molecule has 3 heteroatoms. The summed E-state index contributed by atoms with van der Waals surface area (Å²) in [7, 11) is 0. The van der Waals surface area contributed by atoms with Crippen molar-refractivity contribution in [1.29, 1.82) is 0 Å². The van der Waals surface area contributed by atoms with E-state index in [0.717, 1.165) is 28.8 Å². The number of nitrogens with one attached hydrogen (secondary N) is 1. The summed E-state index contributed by atoms with van der Waals surface area (Å²) in [4.78, 5) is 19.6. The molecule has 0 bridgehead atoms. The van der Waals surface area contributed by atoms with E-state index in [9.17, 15) is 4.79 Å². The van der Waals surface area contributed by atoms with Crippen molar-refractivity contribution in [3.63, 3.8) is 0 Å². The maximum absolute atomic E-state index is 11.7. The summed E-state index contributed by atoms with van der Waals surface area (Å²) in [6, 6.07) is 15.9. The number of carbonyl (C=O) groups excluding carboxylic acids is 1. The number of nitrogens with zero attached hydrogens (tertiary/aromatic N) is 1. The fourth-order valence-corrected chi connectivity index (χ4v) is 2.31. The highest BCUT2D eigenvalue weighted by Crippen LogP contribution is 2.16. The van der Waals surface area contributed by atoms with E-state index >= 15 is 0 Å². The van der Waals surface area contributed by atoms with Gasteiger partial charge < -0.3 is 4.98 Å². The number of imidazole rings is 1. The number of H-pyrrole nitrogens is 1. The Morgan fingerprint density at radius 1 is 1.15 bits per heavy atom. The zero-order valence-electron chi connectivity index (χ0n) is 11.4. The van der Waals surface area contributed by atoms with Crippen LogP contribution in [-0.4, -0.2) is 15.8 Å². The number of hydrogen-bond acceptors (Lipinski definition) is 2. The van der Waals surface area contributed by atoms with E-state index in [1.807, 2.05) is 43.3 Å². The Labute approximate surface area is 117 Å². The molecule has 100 valence electrons. The largest absolute Gasteiger partial charge is 0.342 e. The third kappa shape index (κ3) is 2.48. The number of fused-ring (bicyclic) bond motifs is 1. The number of aromatic nitrogens is 2. The van der Waals surface area contributed by atoms with Crippen LogP contribution in [0.5, 0.6) is 0 Å². The summed E-state index contributed by atoms with van der Waals surface area (Å²) in [6.45, 7) is 1.88. The molecule has 0 spiro atoms. The number of rotatable bonds is 4. The summed E-state index contributed by atoms with van der Waals surface area (Å²) in [5.74, 6) is 1.08. The molecule has 0 radical (unpaired) electrons. The first-order valence-electron chi connectivity index (χ1n) is 6.82. The molecule has 3 rings (SSSR count). The topological polar surface area (TPSA) is 45.8 Å². The summed E-state index contributed by atoms with van der Waals surface area (Å²) in [5.41, 5.74) is 3.80. The number of aromatic amines is 1. The van der Waals surface area contributed by atoms with Crippen LogP contribution >= 0.6 is 0 Å². The Kier molecular flexibility index (Phi) is 3.33. The molecule has 0 amide bonds. The fraction of sp³-hybridized carbons (Fsp3) is 0.176. The second-order valence-electron chi connectivity index (χ2n) is 4.85. The fourth-order valence-electron chi connectivity index (χ4n) is 2.31. The first-order chi connectivity index (χ1) is 9.76. The highest BCUT2D eigenvalue weighted by Gasteiger charge is 2.08. The van der Waals surface area contributed by atoms with Gasteiger partial charge in [-0.05, 0) is 23.8 Å². The highest BCUT2D eigenvalue weighted by molar-refractivity contribution is 5.98. The van der Waals surface area contributed by atoms with E-state index in [4.69, 9.17) is 0 Å². The quantitative estimate of drug-likeness (QED) is 0.729. The summed E-state index contributed by atoms with van der Waals surface area (Å²) < 4.78 is 0. The van der Waals surface area contributed by atoms with Gasteiger partial charge in [0, 0.05) is 18.4 Å². The van der Waals surface area contributed by atoms with Crippen LogP contribution in [0.25, 0.3) is 11.0 Å². The van der Waals surface area contributed by atoms with Crippen molar-refractivity contribution in [1.82, 2.24) is 9.97 Å². The van der Waals surface area contributed by atoms with Gasteiger partial charge in [-0.3, -0.25) is 4.79 Å². The molecule has 0 fully saturated rings. The lowest BCUT2D eigenvalue weighted by atomic mass is 10.1. The third-order valence-corrected chi connectivity index (χ3v) is 3.39. The Balaban J connectivity index is 1.92. The standard InChI is InChI=1S/C17H16N2O/c1-2-16(20)13-8-9-14-15(11-13)19-17(18-14)10-12-6-4-3-5-7-12/h3-9,11H,2,10H2,1H3,(H,18,19). The van der Waals surface area contributed by atoms with Gasteiger partial charge in [0.15, 0.2) is 5.78 Å². The lowest BCUT2D eigenvalue weighted by molar-refractivity contribution is 0.0988. The Morgan fingerprint density at radius 3 is 2.70 bits per heavy atom. The van der Waals surface area contributed by atoms with E-state index in [1.54, 1.807) is 0 Å². The van der Waals surface area contributed by atoms with Crippen LogP contribution in [0.3, 0.4) is 0 Å². The molecule has 0 aliphatic carbocycles. The van der Waals surface area contributed by atoms with Crippen LogP contribution in [-0.2, 0) is 6.42 Å². The molecule has 0 atom stereocenters. The molecule has 0 aliphatic rings. The van der Waals surface area contributed by atoms with E-state index in [1.165, 1.54) is 5.56 Å². The minimum atomic E-state index is 0.158. The molecule has 20 heavy (non-hydrogen) atoms. The second-order valence-corrected chi connectivity index (χ2v) is 4.85. The van der Waals surface area contributed by atoms with Crippen molar-refractivity contribution in [2.75, 3.05) is 0 Å². The van der Waals surface area contributed by atoms with E-state index in [-0.39, 0.29) is 5.78 Å². The van der Waals surface area contributed by atoms with Crippen molar-refractivity contribution in [2.45, 2.75) is 19.8 Å². The molecular weight excluding hydrogens is 248 g/mol. The molecule has 0 aliphatic heterocycles. The van der Waals surface area contributed by atoms with E-state index in [2.05, 4.69) is 22.1 Å². The van der Waals surface area contributed by atoms with Gasteiger partial charge in [0.2, 0.25) is 0 Å². The van der Waals surface area contributed by atoms with Gasteiger partial charge in [-0.1, -0.05) is 37.3 Å². The normalized spacial score (nSPS) is 10.8. The molecule has 1 heterocycles. The third-order valence-electron chi connectivity index (χ3n) is 3.39. The van der Waals surface area contributed by atoms with Gasteiger partial charge >= 0.3 is 0 Å². The number of Topliss-reactive ketones (excluding diaryl/α,β-unsaturated/α-hetero) is 1. The molecule has 3 aromatic rings. The van der Waals surface area contributed by atoms with E-state index < -0.39 is 0 Å². The first kappa shape index (κ1) is 12.6. The second kappa shape index (κ2) is 5.29.